The molecule has 3 aromatic rings. The van der Waals surface area contributed by atoms with E-state index in [9.17, 15) is 4.79 Å². The van der Waals surface area contributed by atoms with Gasteiger partial charge >= 0.3 is 0 Å². The molecule has 24 heavy (non-hydrogen) atoms. The van der Waals surface area contributed by atoms with Crippen molar-refractivity contribution in [3.8, 4) is 0 Å². The van der Waals surface area contributed by atoms with E-state index in [0.717, 1.165) is 23.2 Å². The molecule has 2 heterocycles. The molecular weight excluding hydrogens is 302 g/mol. The van der Waals surface area contributed by atoms with Crippen LogP contribution in [0, 0.1) is 6.92 Å². The Hall–Kier alpha value is -2.60. The van der Waals surface area contributed by atoms with Gasteiger partial charge in [-0.05, 0) is 32.0 Å². The maximum Gasteiger partial charge on any atom is 0.241 e. The van der Waals surface area contributed by atoms with E-state index in [1.54, 1.807) is 17.9 Å². The zero-order valence-corrected chi connectivity index (χ0v) is 14.3. The molecule has 0 aliphatic heterocycles. The Bertz CT molecular complexity index is 848. The average molecular weight is 325 g/mol. The Balaban J connectivity index is 1.64. The van der Waals surface area contributed by atoms with E-state index >= 15 is 0 Å². The van der Waals surface area contributed by atoms with Crippen molar-refractivity contribution >= 4 is 16.8 Å². The zero-order chi connectivity index (χ0) is 17.1. The van der Waals surface area contributed by atoms with Crippen molar-refractivity contribution in [2.24, 2.45) is 7.05 Å². The molecule has 126 valence electrons. The number of hydrogen-bond acceptors (Lipinski definition) is 3. The molecule has 1 unspecified atom stereocenters. The summed E-state index contributed by atoms with van der Waals surface area (Å²) >= 11 is 0. The second-order valence-corrected chi connectivity index (χ2v) is 5.98. The van der Waals surface area contributed by atoms with Crippen molar-refractivity contribution in [1.29, 1.82) is 0 Å². The molecule has 0 fully saturated rings. The Morgan fingerprint density at radius 2 is 2.17 bits per heavy atom. The van der Waals surface area contributed by atoms with Crippen LogP contribution in [0.15, 0.2) is 36.7 Å². The first kappa shape index (κ1) is 16.3. The summed E-state index contributed by atoms with van der Waals surface area (Å²) in [6, 6.07) is 7.86. The normalized spacial score (nSPS) is 12.5. The van der Waals surface area contributed by atoms with Crippen LogP contribution in [-0.2, 0) is 18.3 Å². The maximum atomic E-state index is 12.4. The molecule has 3 N–H and O–H groups in total. The number of nitrogens with one attached hydrogen (secondary N) is 3. The molecule has 6 heteroatoms. The van der Waals surface area contributed by atoms with Gasteiger partial charge in [0.25, 0.3) is 0 Å². The van der Waals surface area contributed by atoms with Crippen LogP contribution in [0.3, 0.4) is 0 Å². The summed E-state index contributed by atoms with van der Waals surface area (Å²) < 4.78 is 1.70. The molecule has 0 spiro atoms. The van der Waals surface area contributed by atoms with Gasteiger partial charge in [-0.25, -0.2) is 0 Å². The van der Waals surface area contributed by atoms with Gasteiger partial charge in [-0.2, -0.15) is 5.10 Å². The summed E-state index contributed by atoms with van der Waals surface area (Å²) in [7, 11) is 3.62. The summed E-state index contributed by atoms with van der Waals surface area (Å²) in [6.07, 6.45) is 4.36. The van der Waals surface area contributed by atoms with Crippen LogP contribution in [0.4, 0.5) is 0 Å². The number of aromatic amines is 1. The number of amides is 1. The third-order valence-corrected chi connectivity index (χ3v) is 4.31. The van der Waals surface area contributed by atoms with Gasteiger partial charge in [-0.15, -0.1) is 0 Å². The van der Waals surface area contributed by atoms with Crippen LogP contribution in [0.5, 0.6) is 0 Å². The van der Waals surface area contributed by atoms with E-state index < -0.39 is 0 Å². The number of aromatic nitrogens is 3. The highest BCUT2D eigenvalue weighted by atomic mass is 16.2. The number of fused-ring (bicyclic) bond motifs is 1. The summed E-state index contributed by atoms with van der Waals surface area (Å²) in [5, 5.41) is 11.4. The lowest BCUT2D eigenvalue weighted by Crippen LogP contribution is -2.36. The Morgan fingerprint density at radius 1 is 1.38 bits per heavy atom. The van der Waals surface area contributed by atoms with Crippen LogP contribution >= 0.6 is 0 Å². The van der Waals surface area contributed by atoms with Crippen molar-refractivity contribution in [2.45, 2.75) is 19.4 Å². The monoisotopic (exact) mass is 325 g/mol. The summed E-state index contributed by atoms with van der Waals surface area (Å²) in [5.74, 6) is -0.0389. The van der Waals surface area contributed by atoms with E-state index in [1.165, 1.54) is 10.9 Å². The van der Waals surface area contributed by atoms with Crippen molar-refractivity contribution in [3.63, 3.8) is 0 Å². The van der Waals surface area contributed by atoms with Crippen LogP contribution in [-0.4, -0.2) is 34.3 Å². The van der Waals surface area contributed by atoms with Gasteiger partial charge in [0.15, 0.2) is 0 Å². The highest BCUT2D eigenvalue weighted by Crippen LogP contribution is 2.22. The standard InChI is InChI=1S/C18H23N5O/c1-12-14(15-6-4-5-7-16(15)22-12)8-9-20-18(24)17(19-2)13-10-21-23(3)11-13/h4-7,10-11,17,19,22H,8-9H2,1-3H3,(H,20,24). The molecule has 3 rings (SSSR count). The minimum atomic E-state index is -0.386. The molecule has 0 saturated heterocycles. The fraction of sp³-hybridized carbons (Fsp3) is 0.333. The largest absolute Gasteiger partial charge is 0.358 e. The lowest BCUT2D eigenvalue weighted by molar-refractivity contribution is -0.123. The molecule has 0 bridgehead atoms. The fourth-order valence-corrected chi connectivity index (χ4v) is 3.11. The smallest absolute Gasteiger partial charge is 0.241 e. The van der Waals surface area contributed by atoms with Gasteiger partial charge in [0.1, 0.15) is 6.04 Å². The first-order valence-corrected chi connectivity index (χ1v) is 8.10. The molecule has 2 aromatic heterocycles. The number of carbonyl (C=O) groups excluding carboxylic acids is 1. The topological polar surface area (TPSA) is 74.7 Å². The van der Waals surface area contributed by atoms with Gasteiger partial charge < -0.3 is 15.6 Å². The summed E-state index contributed by atoms with van der Waals surface area (Å²) in [6.45, 7) is 2.67. The molecule has 1 aromatic carbocycles. The van der Waals surface area contributed by atoms with Gasteiger partial charge in [0.2, 0.25) is 5.91 Å². The number of H-pyrrole nitrogens is 1. The number of para-hydroxylation sites is 1. The molecule has 0 aliphatic carbocycles. The number of aryl methyl sites for hydroxylation is 2. The number of carbonyl (C=O) groups is 1. The van der Waals surface area contributed by atoms with Crippen molar-refractivity contribution in [2.75, 3.05) is 13.6 Å². The van der Waals surface area contributed by atoms with Crippen LogP contribution in [0.25, 0.3) is 10.9 Å². The zero-order valence-electron chi connectivity index (χ0n) is 14.3. The van der Waals surface area contributed by atoms with E-state index in [2.05, 4.69) is 39.8 Å². The number of benzene rings is 1. The van der Waals surface area contributed by atoms with Crippen molar-refractivity contribution in [1.82, 2.24) is 25.4 Å². The fourth-order valence-electron chi connectivity index (χ4n) is 3.11. The third kappa shape index (κ3) is 3.19. The second-order valence-electron chi connectivity index (χ2n) is 5.98. The third-order valence-electron chi connectivity index (χ3n) is 4.31. The Labute approximate surface area is 141 Å². The van der Waals surface area contributed by atoms with Gasteiger partial charge in [-0.3, -0.25) is 9.48 Å². The molecule has 0 aliphatic rings. The quantitative estimate of drug-likeness (QED) is 0.647. The van der Waals surface area contributed by atoms with Crippen molar-refractivity contribution in [3.05, 3.63) is 53.5 Å². The van der Waals surface area contributed by atoms with E-state index in [4.69, 9.17) is 0 Å². The number of rotatable bonds is 6. The minimum absolute atomic E-state index is 0.0389. The average Bonchev–Trinajstić information content (AvgIpc) is 3.12. The number of likely N-dealkylation sites (N-methyl/N-ethyl adjacent to an activating group) is 1. The lowest BCUT2D eigenvalue weighted by Gasteiger charge is -2.14. The minimum Gasteiger partial charge on any atom is -0.358 e. The molecular formula is C18H23N5O. The van der Waals surface area contributed by atoms with Gasteiger partial charge in [0, 0.05) is 41.9 Å². The highest BCUT2D eigenvalue weighted by molar-refractivity contribution is 5.85. The van der Waals surface area contributed by atoms with E-state index in [0.29, 0.717) is 6.54 Å². The van der Waals surface area contributed by atoms with Gasteiger partial charge in [-0.1, -0.05) is 18.2 Å². The summed E-state index contributed by atoms with van der Waals surface area (Å²) in [4.78, 5) is 15.8. The Kier molecular flexibility index (Phi) is 4.66. The van der Waals surface area contributed by atoms with Crippen LogP contribution in [0.1, 0.15) is 22.9 Å². The lowest BCUT2D eigenvalue weighted by atomic mass is 10.1. The maximum absolute atomic E-state index is 12.4. The molecule has 0 saturated carbocycles. The molecule has 0 radical (unpaired) electrons. The van der Waals surface area contributed by atoms with Gasteiger partial charge in [0.05, 0.1) is 6.20 Å². The van der Waals surface area contributed by atoms with Crippen molar-refractivity contribution < 1.29 is 4.79 Å². The molecule has 1 amide bonds. The van der Waals surface area contributed by atoms with E-state index in [1.807, 2.05) is 25.4 Å². The predicted octanol–water partition coefficient (Wildman–Crippen LogP) is 1.83. The number of nitrogens with zero attached hydrogens (tertiary/aromatic N) is 2. The van der Waals surface area contributed by atoms with Crippen LogP contribution < -0.4 is 10.6 Å². The number of hydrogen-bond donors (Lipinski definition) is 3. The van der Waals surface area contributed by atoms with Crippen LogP contribution in [0.2, 0.25) is 0 Å². The Morgan fingerprint density at radius 3 is 2.88 bits per heavy atom. The highest BCUT2D eigenvalue weighted by Gasteiger charge is 2.19. The second kappa shape index (κ2) is 6.88. The molecule has 6 nitrogen and oxygen atoms in total. The first-order valence-electron chi connectivity index (χ1n) is 8.10. The first-order chi connectivity index (χ1) is 11.6. The summed E-state index contributed by atoms with van der Waals surface area (Å²) in [5.41, 5.74) is 4.41. The molecule has 1 atom stereocenters. The SMILES string of the molecule is CNC(C(=O)NCCc1c(C)[nH]c2ccccc12)c1cnn(C)c1. The van der Waals surface area contributed by atoms with E-state index in [-0.39, 0.29) is 11.9 Å². The predicted molar refractivity (Wildman–Crippen MR) is 94.8 cm³/mol.